The highest BCUT2D eigenvalue weighted by molar-refractivity contribution is 7.89. The highest BCUT2D eigenvalue weighted by atomic mass is 32.2. The van der Waals surface area contributed by atoms with Crippen molar-refractivity contribution in [2.24, 2.45) is 0 Å². The van der Waals surface area contributed by atoms with Crippen LogP contribution in [-0.4, -0.2) is 51.0 Å². The molecule has 0 aliphatic heterocycles. The summed E-state index contributed by atoms with van der Waals surface area (Å²) in [4.78, 5) is 12.3. The molecule has 0 fully saturated rings. The molecule has 1 atom stereocenters. The van der Waals surface area contributed by atoms with Gasteiger partial charge in [0.1, 0.15) is 16.7 Å². The van der Waals surface area contributed by atoms with Crippen molar-refractivity contribution in [1.29, 1.82) is 0 Å². The Balaban J connectivity index is 3.10. The number of rotatable bonds is 12. The second-order valence-electron chi connectivity index (χ2n) is 6.04. The lowest BCUT2D eigenvalue weighted by Gasteiger charge is -2.21. The molecule has 0 bridgehead atoms. The topological polar surface area (TPSA) is 84.9 Å². The number of benzene rings is 1. The first-order chi connectivity index (χ1) is 12.8. The summed E-state index contributed by atoms with van der Waals surface area (Å²) in [6.45, 7) is 10.6. The van der Waals surface area contributed by atoms with Crippen LogP contribution >= 0.6 is 0 Å². The fourth-order valence-electron chi connectivity index (χ4n) is 2.49. The molecule has 1 unspecified atom stereocenters. The summed E-state index contributed by atoms with van der Waals surface area (Å²) in [5, 5.41) is 2.72. The Morgan fingerprint density at radius 1 is 1.19 bits per heavy atom. The van der Waals surface area contributed by atoms with Crippen molar-refractivity contribution in [2.75, 3.05) is 31.6 Å². The van der Waals surface area contributed by atoms with Gasteiger partial charge in [-0.1, -0.05) is 27.2 Å². The first-order valence-corrected chi connectivity index (χ1v) is 10.9. The molecule has 1 aromatic rings. The Kier molecular flexibility index (Phi) is 9.76. The molecule has 0 saturated carbocycles. The van der Waals surface area contributed by atoms with Gasteiger partial charge in [-0.05, 0) is 38.5 Å². The van der Waals surface area contributed by atoms with E-state index in [0.29, 0.717) is 32.0 Å². The number of unbranched alkanes of at least 4 members (excludes halogenated alkanes) is 1. The van der Waals surface area contributed by atoms with Crippen molar-refractivity contribution >= 4 is 21.6 Å². The molecule has 0 aliphatic carbocycles. The second-order valence-corrected chi connectivity index (χ2v) is 7.95. The molecule has 0 saturated heterocycles. The SMILES string of the molecule is CCCCOC(C)C(=O)Nc1ccc(OCC)c(S(=O)(=O)N(CC)CC)c1. The van der Waals surface area contributed by atoms with Gasteiger partial charge in [0.2, 0.25) is 10.0 Å². The zero-order valence-electron chi connectivity index (χ0n) is 16.9. The Hall–Kier alpha value is -1.64. The third-order valence-corrected chi connectivity index (χ3v) is 6.14. The smallest absolute Gasteiger partial charge is 0.253 e. The molecule has 0 heterocycles. The van der Waals surface area contributed by atoms with Gasteiger partial charge in [-0.2, -0.15) is 4.31 Å². The Morgan fingerprint density at radius 2 is 1.85 bits per heavy atom. The molecule has 0 radical (unpaired) electrons. The van der Waals surface area contributed by atoms with E-state index in [1.165, 1.54) is 10.4 Å². The lowest BCUT2D eigenvalue weighted by atomic mass is 10.2. The van der Waals surface area contributed by atoms with Crippen molar-refractivity contribution in [1.82, 2.24) is 4.31 Å². The fraction of sp³-hybridized carbons (Fsp3) is 0.632. The number of hydrogen-bond acceptors (Lipinski definition) is 5. The zero-order chi connectivity index (χ0) is 20.4. The van der Waals surface area contributed by atoms with Crippen molar-refractivity contribution in [3.63, 3.8) is 0 Å². The third-order valence-electron chi connectivity index (χ3n) is 4.07. The van der Waals surface area contributed by atoms with E-state index in [9.17, 15) is 13.2 Å². The van der Waals surface area contributed by atoms with Gasteiger partial charge in [-0.15, -0.1) is 0 Å². The van der Waals surface area contributed by atoms with Gasteiger partial charge in [-0.25, -0.2) is 8.42 Å². The lowest BCUT2D eigenvalue weighted by Crippen LogP contribution is -2.31. The number of nitrogens with zero attached hydrogens (tertiary/aromatic N) is 1. The molecule has 0 spiro atoms. The molecule has 27 heavy (non-hydrogen) atoms. The van der Waals surface area contributed by atoms with E-state index in [1.807, 2.05) is 6.92 Å². The van der Waals surface area contributed by atoms with Crippen molar-refractivity contribution in [3.05, 3.63) is 18.2 Å². The third kappa shape index (κ3) is 6.48. The van der Waals surface area contributed by atoms with Gasteiger partial charge in [0.25, 0.3) is 5.91 Å². The predicted octanol–water partition coefficient (Wildman–Crippen LogP) is 3.26. The van der Waals surface area contributed by atoms with Gasteiger partial charge >= 0.3 is 0 Å². The molecule has 0 aliphatic rings. The lowest BCUT2D eigenvalue weighted by molar-refractivity contribution is -0.126. The number of anilines is 1. The summed E-state index contributed by atoms with van der Waals surface area (Å²) < 4.78 is 38.2. The average molecular weight is 401 g/mol. The van der Waals surface area contributed by atoms with E-state index in [0.717, 1.165) is 12.8 Å². The van der Waals surface area contributed by atoms with Crippen LogP contribution in [0.25, 0.3) is 0 Å². The maximum atomic E-state index is 12.9. The van der Waals surface area contributed by atoms with Crippen LogP contribution in [0.3, 0.4) is 0 Å². The molecule has 1 aromatic carbocycles. The quantitative estimate of drug-likeness (QED) is 0.544. The maximum Gasteiger partial charge on any atom is 0.253 e. The van der Waals surface area contributed by atoms with E-state index >= 15 is 0 Å². The Labute approximate surface area is 163 Å². The monoisotopic (exact) mass is 400 g/mol. The fourth-order valence-corrected chi connectivity index (χ4v) is 4.10. The summed E-state index contributed by atoms with van der Waals surface area (Å²) in [6, 6.07) is 4.64. The van der Waals surface area contributed by atoms with E-state index < -0.39 is 16.1 Å². The summed E-state index contributed by atoms with van der Waals surface area (Å²) in [5.74, 6) is -0.0453. The highest BCUT2D eigenvalue weighted by Crippen LogP contribution is 2.30. The van der Waals surface area contributed by atoms with Crippen LogP contribution in [0.1, 0.15) is 47.5 Å². The van der Waals surface area contributed by atoms with Gasteiger partial charge < -0.3 is 14.8 Å². The minimum Gasteiger partial charge on any atom is -0.492 e. The summed E-state index contributed by atoms with van der Waals surface area (Å²) in [7, 11) is -3.72. The van der Waals surface area contributed by atoms with Gasteiger partial charge in [0.15, 0.2) is 0 Å². The molecular formula is C19H32N2O5S. The normalized spacial score (nSPS) is 12.8. The largest absolute Gasteiger partial charge is 0.492 e. The van der Waals surface area contributed by atoms with Crippen LogP contribution in [0.15, 0.2) is 23.1 Å². The van der Waals surface area contributed by atoms with Crippen LogP contribution in [-0.2, 0) is 19.6 Å². The maximum absolute atomic E-state index is 12.9. The number of amides is 1. The van der Waals surface area contributed by atoms with Gasteiger partial charge in [0, 0.05) is 25.4 Å². The first kappa shape index (κ1) is 23.4. The first-order valence-electron chi connectivity index (χ1n) is 9.51. The molecule has 1 rings (SSSR count). The zero-order valence-corrected chi connectivity index (χ0v) is 17.8. The average Bonchev–Trinajstić information content (AvgIpc) is 2.63. The number of carbonyl (C=O) groups is 1. The van der Waals surface area contributed by atoms with Gasteiger partial charge in [0.05, 0.1) is 6.61 Å². The van der Waals surface area contributed by atoms with Crippen molar-refractivity contribution in [3.8, 4) is 5.75 Å². The van der Waals surface area contributed by atoms with Crippen molar-refractivity contribution in [2.45, 2.75) is 58.5 Å². The molecule has 0 aromatic heterocycles. The van der Waals surface area contributed by atoms with Gasteiger partial charge in [-0.3, -0.25) is 4.79 Å². The van der Waals surface area contributed by atoms with Crippen LogP contribution in [0, 0.1) is 0 Å². The summed E-state index contributed by atoms with van der Waals surface area (Å²) in [6.07, 6.45) is 1.25. The van der Waals surface area contributed by atoms with E-state index in [2.05, 4.69) is 5.32 Å². The second kappa shape index (κ2) is 11.3. The Morgan fingerprint density at radius 3 is 2.41 bits per heavy atom. The van der Waals surface area contributed by atoms with Crippen LogP contribution < -0.4 is 10.1 Å². The summed E-state index contributed by atoms with van der Waals surface area (Å²) in [5.41, 5.74) is 0.389. The minimum atomic E-state index is -3.72. The number of ether oxygens (including phenoxy) is 2. The van der Waals surface area contributed by atoms with Crippen LogP contribution in [0.2, 0.25) is 0 Å². The highest BCUT2D eigenvalue weighted by Gasteiger charge is 2.26. The molecule has 7 nitrogen and oxygen atoms in total. The predicted molar refractivity (Wildman–Crippen MR) is 107 cm³/mol. The number of carbonyl (C=O) groups excluding carboxylic acids is 1. The van der Waals surface area contributed by atoms with E-state index in [1.54, 1.807) is 39.8 Å². The van der Waals surface area contributed by atoms with Crippen LogP contribution in [0.4, 0.5) is 5.69 Å². The molecule has 1 amide bonds. The number of nitrogens with one attached hydrogen (secondary N) is 1. The number of hydrogen-bond donors (Lipinski definition) is 1. The number of sulfonamides is 1. The van der Waals surface area contributed by atoms with E-state index in [4.69, 9.17) is 9.47 Å². The molecular weight excluding hydrogens is 368 g/mol. The van der Waals surface area contributed by atoms with E-state index in [-0.39, 0.29) is 16.6 Å². The molecule has 1 N–H and O–H groups in total. The standard InChI is InChI=1S/C19H32N2O5S/c1-6-10-13-26-15(5)19(22)20-16-11-12-17(25-9-4)18(14-16)27(23,24)21(7-2)8-3/h11-12,14-15H,6-10,13H2,1-5H3,(H,20,22). The van der Waals surface area contributed by atoms with Crippen molar-refractivity contribution < 1.29 is 22.7 Å². The van der Waals surface area contributed by atoms with Crippen LogP contribution in [0.5, 0.6) is 5.75 Å². The Bertz CT molecular complexity index is 702. The minimum absolute atomic E-state index is 0.0467. The molecule has 8 heteroatoms. The summed E-state index contributed by atoms with van der Waals surface area (Å²) >= 11 is 0. The molecule has 154 valence electrons.